The van der Waals surface area contributed by atoms with E-state index in [2.05, 4.69) is 15.9 Å². The van der Waals surface area contributed by atoms with Crippen LogP contribution >= 0.6 is 15.9 Å². The molecular weight excluding hydrogens is 325 g/mol. The van der Waals surface area contributed by atoms with Crippen molar-refractivity contribution in [1.82, 2.24) is 0 Å². The van der Waals surface area contributed by atoms with E-state index in [1.807, 2.05) is 6.92 Å². The summed E-state index contributed by atoms with van der Waals surface area (Å²) in [5.41, 5.74) is 6.91. The third-order valence-corrected chi connectivity index (χ3v) is 4.67. The van der Waals surface area contributed by atoms with Crippen LogP contribution in [0.1, 0.15) is 25.3 Å². The van der Waals surface area contributed by atoms with E-state index in [1.165, 1.54) is 12.1 Å². The molecule has 0 bridgehead atoms. The Balaban J connectivity index is 2.15. The van der Waals surface area contributed by atoms with Crippen LogP contribution in [0, 0.1) is 5.82 Å². The number of hydrogen-bond donors (Lipinski definition) is 1. The molecule has 0 aliphatic carbocycles. The maximum atomic E-state index is 13.4. The van der Waals surface area contributed by atoms with Crippen LogP contribution in [0.15, 0.2) is 22.7 Å². The SMILES string of the molecule is CCOC1(C(N)Cc2cc(F)ccc2Br)CCOCC1. The molecule has 1 aliphatic rings. The zero-order valence-electron chi connectivity index (χ0n) is 11.7. The number of hydrogen-bond acceptors (Lipinski definition) is 3. The molecule has 0 saturated carbocycles. The highest BCUT2D eigenvalue weighted by atomic mass is 79.9. The molecule has 1 heterocycles. The Hall–Kier alpha value is -0.490. The van der Waals surface area contributed by atoms with Crippen LogP contribution < -0.4 is 5.73 Å². The second-order valence-electron chi connectivity index (χ2n) is 5.16. The molecule has 0 aromatic heterocycles. The highest BCUT2D eigenvalue weighted by molar-refractivity contribution is 9.10. The van der Waals surface area contributed by atoms with Crippen molar-refractivity contribution in [3.05, 3.63) is 34.1 Å². The van der Waals surface area contributed by atoms with Gasteiger partial charge in [-0.3, -0.25) is 0 Å². The van der Waals surface area contributed by atoms with Crippen LogP contribution in [0.2, 0.25) is 0 Å². The number of rotatable bonds is 5. The summed E-state index contributed by atoms with van der Waals surface area (Å²) in [7, 11) is 0. The Labute approximate surface area is 127 Å². The van der Waals surface area contributed by atoms with E-state index in [0.717, 1.165) is 22.9 Å². The lowest BCUT2D eigenvalue weighted by Gasteiger charge is -2.41. The summed E-state index contributed by atoms with van der Waals surface area (Å²) >= 11 is 3.45. The fourth-order valence-electron chi connectivity index (χ4n) is 2.75. The molecule has 1 unspecified atom stereocenters. The van der Waals surface area contributed by atoms with Gasteiger partial charge >= 0.3 is 0 Å². The van der Waals surface area contributed by atoms with E-state index < -0.39 is 0 Å². The van der Waals surface area contributed by atoms with Crippen LogP contribution in [-0.2, 0) is 15.9 Å². The average molecular weight is 346 g/mol. The molecule has 0 radical (unpaired) electrons. The highest BCUT2D eigenvalue weighted by Gasteiger charge is 2.39. The lowest BCUT2D eigenvalue weighted by atomic mass is 9.83. The first-order valence-electron chi connectivity index (χ1n) is 6.98. The van der Waals surface area contributed by atoms with Gasteiger partial charge in [0.05, 0.1) is 5.60 Å². The lowest BCUT2D eigenvalue weighted by molar-refractivity contribution is -0.120. The zero-order valence-corrected chi connectivity index (χ0v) is 13.3. The topological polar surface area (TPSA) is 44.5 Å². The van der Waals surface area contributed by atoms with Gasteiger partial charge in [-0.05, 0) is 37.1 Å². The van der Waals surface area contributed by atoms with E-state index in [-0.39, 0.29) is 17.5 Å². The van der Waals surface area contributed by atoms with Gasteiger partial charge in [-0.25, -0.2) is 4.39 Å². The van der Waals surface area contributed by atoms with Crippen LogP contribution in [0.3, 0.4) is 0 Å². The number of ether oxygens (including phenoxy) is 2. The van der Waals surface area contributed by atoms with E-state index in [0.29, 0.717) is 26.2 Å². The van der Waals surface area contributed by atoms with E-state index in [1.54, 1.807) is 6.07 Å². The van der Waals surface area contributed by atoms with Gasteiger partial charge in [0.15, 0.2) is 0 Å². The molecule has 1 saturated heterocycles. The summed E-state index contributed by atoms with van der Waals surface area (Å²) in [6.45, 7) is 3.93. The second kappa shape index (κ2) is 6.98. The predicted octanol–water partition coefficient (Wildman–Crippen LogP) is 3.04. The maximum absolute atomic E-state index is 13.4. The number of halogens is 2. The van der Waals surface area contributed by atoms with Gasteiger partial charge in [-0.1, -0.05) is 15.9 Å². The first-order valence-corrected chi connectivity index (χ1v) is 7.78. The average Bonchev–Trinajstić information content (AvgIpc) is 2.44. The van der Waals surface area contributed by atoms with Crippen molar-refractivity contribution < 1.29 is 13.9 Å². The number of benzene rings is 1. The van der Waals surface area contributed by atoms with Crippen LogP contribution in [0.4, 0.5) is 4.39 Å². The lowest BCUT2D eigenvalue weighted by Crippen LogP contribution is -2.54. The normalized spacial score (nSPS) is 19.8. The fraction of sp³-hybridized carbons (Fsp3) is 0.600. The Morgan fingerprint density at radius 3 is 2.80 bits per heavy atom. The molecular formula is C15H21BrFNO2. The summed E-state index contributed by atoms with van der Waals surface area (Å²) in [5.74, 6) is -0.243. The van der Waals surface area contributed by atoms with Gasteiger partial charge < -0.3 is 15.2 Å². The Morgan fingerprint density at radius 2 is 2.15 bits per heavy atom. The van der Waals surface area contributed by atoms with Crippen LogP contribution in [-0.4, -0.2) is 31.5 Å². The zero-order chi connectivity index (χ0) is 14.6. The van der Waals surface area contributed by atoms with Gasteiger partial charge in [0, 0.05) is 43.2 Å². The molecule has 1 fully saturated rings. The van der Waals surface area contributed by atoms with E-state index in [4.69, 9.17) is 15.2 Å². The van der Waals surface area contributed by atoms with Crippen molar-refractivity contribution in [1.29, 1.82) is 0 Å². The van der Waals surface area contributed by atoms with Crippen molar-refractivity contribution in [2.75, 3.05) is 19.8 Å². The van der Waals surface area contributed by atoms with Gasteiger partial charge in [-0.15, -0.1) is 0 Å². The minimum Gasteiger partial charge on any atom is -0.381 e. The minimum absolute atomic E-state index is 0.176. The summed E-state index contributed by atoms with van der Waals surface area (Å²) in [5, 5.41) is 0. The highest BCUT2D eigenvalue weighted by Crippen LogP contribution is 2.31. The molecule has 0 amide bonds. The van der Waals surface area contributed by atoms with Crippen LogP contribution in [0.5, 0.6) is 0 Å². The monoisotopic (exact) mass is 345 g/mol. The molecule has 2 N–H and O–H groups in total. The summed E-state index contributed by atoms with van der Waals surface area (Å²) < 4.78 is 25.6. The van der Waals surface area contributed by atoms with Gasteiger partial charge in [0.1, 0.15) is 5.82 Å². The summed E-state index contributed by atoms with van der Waals surface area (Å²) in [4.78, 5) is 0. The maximum Gasteiger partial charge on any atom is 0.123 e. The van der Waals surface area contributed by atoms with Crippen molar-refractivity contribution in [3.63, 3.8) is 0 Å². The molecule has 3 nitrogen and oxygen atoms in total. The third kappa shape index (κ3) is 3.58. The van der Waals surface area contributed by atoms with Crippen LogP contribution in [0.25, 0.3) is 0 Å². The van der Waals surface area contributed by atoms with Gasteiger partial charge in [-0.2, -0.15) is 0 Å². The largest absolute Gasteiger partial charge is 0.381 e. The number of nitrogens with two attached hydrogens (primary N) is 1. The van der Waals surface area contributed by atoms with E-state index in [9.17, 15) is 4.39 Å². The van der Waals surface area contributed by atoms with Crippen molar-refractivity contribution in [3.8, 4) is 0 Å². The Morgan fingerprint density at radius 1 is 1.45 bits per heavy atom. The Bertz CT molecular complexity index is 444. The molecule has 1 aromatic rings. The predicted molar refractivity (Wildman–Crippen MR) is 80.2 cm³/mol. The second-order valence-corrected chi connectivity index (χ2v) is 6.01. The molecule has 5 heteroatoms. The van der Waals surface area contributed by atoms with Gasteiger partial charge in [0.25, 0.3) is 0 Å². The molecule has 0 spiro atoms. The smallest absolute Gasteiger partial charge is 0.123 e. The summed E-state index contributed by atoms with van der Waals surface area (Å²) in [6.07, 6.45) is 2.15. The first-order chi connectivity index (χ1) is 9.57. The Kier molecular flexibility index (Phi) is 5.55. The summed E-state index contributed by atoms with van der Waals surface area (Å²) in [6, 6.07) is 4.51. The molecule has 1 atom stereocenters. The molecule has 112 valence electrons. The van der Waals surface area contributed by atoms with Crippen molar-refractivity contribution in [2.24, 2.45) is 5.73 Å². The van der Waals surface area contributed by atoms with Gasteiger partial charge in [0.2, 0.25) is 0 Å². The molecule has 20 heavy (non-hydrogen) atoms. The van der Waals surface area contributed by atoms with Crippen molar-refractivity contribution in [2.45, 2.75) is 37.8 Å². The third-order valence-electron chi connectivity index (χ3n) is 3.89. The quantitative estimate of drug-likeness (QED) is 0.891. The minimum atomic E-state index is -0.362. The standard InChI is InChI=1S/C15H21BrFNO2/c1-2-20-15(5-7-19-8-6-15)14(18)10-11-9-12(17)3-4-13(11)16/h3-4,9,14H,2,5-8,10,18H2,1H3. The molecule has 1 aromatic carbocycles. The van der Waals surface area contributed by atoms with Crippen molar-refractivity contribution >= 4 is 15.9 Å². The fourth-order valence-corrected chi connectivity index (χ4v) is 3.16. The molecule has 2 rings (SSSR count). The van der Waals surface area contributed by atoms with E-state index >= 15 is 0 Å². The molecule has 1 aliphatic heterocycles. The first kappa shape index (κ1) is 15.9.